The van der Waals surface area contributed by atoms with E-state index in [1.165, 1.54) is 22.3 Å². The topological polar surface area (TPSA) is 46.4 Å². The van der Waals surface area contributed by atoms with Gasteiger partial charge in [-0.25, -0.2) is 5.43 Å². The van der Waals surface area contributed by atoms with Crippen molar-refractivity contribution >= 4 is 23.9 Å². The zero-order valence-corrected chi connectivity index (χ0v) is 19.1. The molecule has 1 amide bonds. The lowest BCUT2D eigenvalue weighted by Gasteiger charge is -2.11. The molecule has 4 nitrogen and oxygen atoms in total. The van der Waals surface area contributed by atoms with E-state index >= 15 is 0 Å². The zero-order valence-electron chi connectivity index (χ0n) is 18.3. The Morgan fingerprint density at radius 2 is 1.73 bits per heavy atom. The lowest BCUT2D eigenvalue weighted by molar-refractivity contribution is -0.118. The predicted molar refractivity (Wildman–Crippen MR) is 128 cm³/mol. The van der Waals surface area contributed by atoms with E-state index in [1.807, 2.05) is 12.1 Å². The fourth-order valence-corrected chi connectivity index (χ4v) is 4.52. The van der Waals surface area contributed by atoms with E-state index in [2.05, 4.69) is 86.1 Å². The lowest BCUT2D eigenvalue weighted by Crippen LogP contribution is -2.19. The van der Waals surface area contributed by atoms with Crippen LogP contribution in [0.4, 0.5) is 0 Å². The van der Waals surface area contributed by atoms with Crippen LogP contribution < -0.4 is 5.43 Å². The average molecular weight is 420 g/mol. The molecule has 0 spiro atoms. The minimum atomic E-state index is -0.0899. The van der Waals surface area contributed by atoms with E-state index < -0.39 is 0 Å². The Balaban J connectivity index is 1.60. The molecule has 0 unspecified atom stereocenters. The number of carbonyl (C=O) groups is 1. The Morgan fingerprint density at radius 3 is 2.43 bits per heavy atom. The highest BCUT2D eigenvalue weighted by Crippen LogP contribution is 2.22. The summed E-state index contributed by atoms with van der Waals surface area (Å²) in [6.07, 6.45) is 1.73. The molecule has 0 radical (unpaired) electrons. The predicted octanol–water partition coefficient (Wildman–Crippen LogP) is 5.40. The summed E-state index contributed by atoms with van der Waals surface area (Å²) in [4.78, 5) is 12.1. The van der Waals surface area contributed by atoms with Gasteiger partial charge in [-0.1, -0.05) is 30.3 Å². The molecule has 0 fully saturated rings. The number of rotatable bonds is 7. The number of benzene rings is 2. The van der Waals surface area contributed by atoms with Gasteiger partial charge < -0.3 is 4.57 Å². The van der Waals surface area contributed by atoms with Crippen LogP contribution in [0.3, 0.4) is 0 Å². The molecule has 30 heavy (non-hydrogen) atoms. The van der Waals surface area contributed by atoms with Gasteiger partial charge in [-0.05, 0) is 75.1 Å². The van der Waals surface area contributed by atoms with Crippen molar-refractivity contribution in [1.29, 1.82) is 0 Å². The molecule has 0 aliphatic heterocycles. The molecule has 3 aromatic rings. The van der Waals surface area contributed by atoms with E-state index in [1.54, 1.807) is 18.0 Å². The molecule has 156 valence electrons. The maximum atomic E-state index is 12.1. The first-order valence-corrected chi connectivity index (χ1v) is 11.2. The number of hydrazone groups is 1. The quantitative estimate of drug-likeness (QED) is 0.411. The number of carbonyl (C=O) groups excluding carboxylic acids is 1. The smallest absolute Gasteiger partial charge is 0.250 e. The van der Waals surface area contributed by atoms with Gasteiger partial charge in [0, 0.05) is 28.4 Å². The van der Waals surface area contributed by atoms with Crippen LogP contribution in [0.2, 0.25) is 0 Å². The summed E-state index contributed by atoms with van der Waals surface area (Å²) in [6, 6.07) is 16.9. The number of aryl methyl sites for hydroxylation is 4. The van der Waals surface area contributed by atoms with Crippen molar-refractivity contribution in [2.24, 2.45) is 5.10 Å². The second-order valence-electron chi connectivity index (χ2n) is 7.72. The number of hydrogen-bond donors (Lipinski definition) is 1. The van der Waals surface area contributed by atoms with Gasteiger partial charge in [0.15, 0.2) is 0 Å². The van der Waals surface area contributed by atoms with Crippen molar-refractivity contribution in [2.75, 3.05) is 5.75 Å². The van der Waals surface area contributed by atoms with Crippen LogP contribution >= 0.6 is 11.8 Å². The van der Waals surface area contributed by atoms with Crippen molar-refractivity contribution in [2.45, 2.75) is 40.4 Å². The van der Waals surface area contributed by atoms with E-state index in [4.69, 9.17) is 0 Å². The highest BCUT2D eigenvalue weighted by molar-refractivity contribution is 7.99. The maximum absolute atomic E-state index is 12.1. The summed E-state index contributed by atoms with van der Waals surface area (Å²) in [5.41, 5.74) is 12.0. The molecule has 0 atom stereocenters. The zero-order chi connectivity index (χ0) is 21.7. The molecule has 0 saturated heterocycles. The number of nitrogens with zero attached hydrogens (tertiary/aromatic N) is 2. The molecule has 1 aromatic heterocycles. The summed E-state index contributed by atoms with van der Waals surface area (Å²) in [5, 5.41) is 4.18. The molecule has 0 bridgehead atoms. The van der Waals surface area contributed by atoms with Crippen LogP contribution in [0.5, 0.6) is 0 Å². The fourth-order valence-electron chi connectivity index (χ4n) is 3.63. The van der Waals surface area contributed by atoms with Crippen LogP contribution in [0.25, 0.3) is 5.69 Å². The third-order valence-corrected chi connectivity index (χ3v) is 6.06. The number of hydrogen-bond acceptors (Lipinski definition) is 3. The molecule has 0 aliphatic carbocycles. The van der Waals surface area contributed by atoms with E-state index in [9.17, 15) is 4.79 Å². The normalized spacial score (nSPS) is 11.2. The van der Waals surface area contributed by atoms with Crippen molar-refractivity contribution in [3.8, 4) is 5.69 Å². The molecule has 5 heteroatoms. The largest absolute Gasteiger partial charge is 0.318 e. The number of amides is 1. The number of aromatic nitrogens is 1. The minimum absolute atomic E-state index is 0.0899. The third kappa shape index (κ3) is 5.42. The van der Waals surface area contributed by atoms with Gasteiger partial charge in [-0.15, -0.1) is 11.8 Å². The van der Waals surface area contributed by atoms with Crippen molar-refractivity contribution in [3.05, 3.63) is 87.7 Å². The Labute approximate surface area is 183 Å². The average Bonchev–Trinajstić information content (AvgIpc) is 2.96. The van der Waals surface area contributed by atoms with Crippen LogP contribution in [-0.2, 0) is 10.5 Å². The van der Waals surface area contributed by atoms with Crippen LogP contribution in [0, 0.1) is 34.6 Å². The fraction of sp³-hybridized carbons (Fsp3) is 0.280. The van der Waals surface area contributed by atoms with Crippen LogP contribution in [0.1, 0.15) is 39.2 Å². The Bertz CT molecular complexity index is 1060. The standard InChI is InChI=1S/C25H29N3OS/c1-17-10-18(2)12-24(11-17)28-20(4)13-23(21(28)5)14-26-27-25(29)16-30-15-22-9-7-6-8-19(22)3/h6-14H,15-16H2,1-5H3,(H,27,29)/b26-14+. The van der Waals surface area contributed by atoms with Gasteiger partial charge in [0.25, 0.3) is 0 Å². The Kier molecular flexibility index (Phi) is 7.16. The molecule has 3 rings (SSSR count). The monoisotopic (exact) mass is 419 g/mol. The van der Waals surface area contributed by atoms with Gasteiger partial charge >= 0.3 is 0 Å². The van der Waals surface area contributed by atoms with Gasteiger partial charge in [0.1, 0.15) is 0 Å². The van der Waals surface area contributed by atoms with Crippen molar-refractivity contribution in [3.63, 3.8) is 0 Å². The van der Waals surface area contributed by atoms with E-state index in [0.29, 0.717) is 5.75 Å². The first-order chi connectivity index (χ1) is 14.3. The molecule has 1 heterocycles. The summed E-state index contributed by atoms with van der Waals surface area (Å²) in [7, 11) is 0. The van der Waals surface area contributed by atoms with E-state index in [-0.39, 0.29) is 5.91 Å². The third-order valence-electron chi connectivity index (χ3n) is 5.08. The molecule has 0 aliphatic rings. The summed E-state index contributed by atoms with van der Waals surface area (Å²) >= 11 is 1.59. The Morgan fingerprint density at radius 1 is 1.03 bits per heavy atom. The second-order valence-corrected chi connectivity index (χ2v) is 8.71. The van der Waals surface area contributed by atoms with Crippen LogP contribution in [-0.4, -0.2) is 22.4 Å². The minimum Gasteiger partial charge on any atom is -0.318 e. The first-order valence-electron chi connectivity index (χ1n) is 10.1. The number of thioether (sulfide) groups is 1. The molecule has 2 aromatic carbocycles. The van der Waals surface area contributed by atoms with Crippen LogP contribution in [0.15, 0.2) is 53.6 Å². The van der Waals surface area contributed by atoms with Crippen molar-refractivity contribution < 1.29 is 4.79 Å². The SMILES string of the molecule is Cc1cc(C)cc(-n2c(C)cc(/C=N/NC(=O)CSCc3ccccc3C)c2C)c1. The first kappa shape index (κ1) is 21.9. The lowest BCUT2D eigenvalue weighted by atomic mass is 10.1. The maximum Gasteiger partial charge on any atom is 0.250 e. The highest BCUT2D eigenvalue weighted by atomic mass is 32.2. The summed E-state index contributed by atoms with van der Waals surface area (Å²) < 4.78 is 2.22. The highest BCUT2D eigenvalue weighted by Gasteiger charge is 2.10. The Hall–Kier alpha value is -2.79. The molecule has 0 saturated carbocycles. The van der Waals surface area contributed by atoms with Gasteiger partial charge in [-0.2, -0.15) is 5.10 Å². The number of nitrogens with one attached hydrogen (secondary N) is 1. The second kappa shape index (κ2) is 9.81. The molecular weight excluding hydrogens is 390 g/mol. The van der Waals surface area contributed by atoms with Gasteiger partial charge in [-0.3, -0.25) is 4.79 Å². The van der Waals surface area contributed by atoms with Gasteiger partial charge in [0.05, 0.1) is 12.0 Å². The summed E-state index contributed by atoms with van der Waals surface area (Å²) in [6.45, 7) is 10.5. The molecule has 1 N–H and O–H groups in total. The van der Waals surface area contributed by atoms with E-state index in [0.717, 1.165) is 28.4 Å². The molecular formula is C25H29N3OS. The van der Waals surface area contributed by atoms with Gasteiger partial charge in [0.2, 0.25) is 5.91 Å². The summed E-state index contributed by atoms with van der Waals surface area (Å²) in [5.74, 6) is 1.11. The van der Waals surface area contributed by atoms with Crippen molar-refractivity contribution in [1.82, 2.24) is 9.99 Å².